The zero-order valence-electron chi connectivity index (χ0n) is 10.4. The second kappa shape index (κ2) is 4.79. The van der Waals surface area contributed by atoms with E-state index in [9.17, 15) is 5.11 Å². The Bertz CT molecular complexity index is 734. The van der Waals surface area contributed by atoms with Gasteiger partial charge in [-0.25, -0.2) is 4.68 Å². The molecule has 2 aromatic carbocycles. The number of benzene rings is 2. The summed E-state index contributed by atoms with van der Waals surface area (Å²) in [6.07, 6.45) is 1.36. The maximum absolute atomic E-state index is 9.65. The predicted octanol–water partition coefficient (Wildman–Crippen LogP) is 3.84. The van der Waals surface area contributed by atoms with Gasteiger partial charge in [0, 0.05) is 9.86 Å². The van der Waals surface area contributed by atoms with Gasteiger partial charge in [-0.1, -0.05) is 40.2 Å². The monoisotopic (exact) mass is 316 g/mol. The predicted molar refractivity (Wildman–Crippen MR) is 79.4 cm³/mol. The molecule has 0 saturated carbocycles. The first-order valence-electron chi connectivity index (χ1n) is 6.07. The van der Waals surface area contributed by atoms with Gasteiger partial charge in [0.25, 0.3) is 0 Å². The molecule has 0 fully saturated rings. The van der Waals surface area contributed by atoms with E-state index in [0.717, 1.165) is 26.6 Å². The van der Waals surface area contributed by atoms with E-state index < -0.39 is 6.10 Å². The number of aromatic nitrogens is 2. The molecule has 0 aliphatic rings. The van der Waals surface area contributed by atoms with Gasteiger partial charge in [0.15, 0.2) is 0 Å². The number of nitrogens with zero attached hydrogens (tertiary/aromatic N) is 2. The van der Waals surface area contributed by atoms with Gasteiger partial charge in [-0.3, -0.25) is 0 Å². The van der Waals surface area contributed by atoms with Crippen molar-refractivity contribution in [2.45, 2.75) is 13.0 Å². The Labute approximate surface area is 119 Å². The number of hydrogen-bond acceptors (Lipinski definition) is 2. The molecule has 0 spiro atoms. The molecule has 1 atom stereocenters. The average Bonchev–Trinajstić information content (AvgIpc) is 2.82. The molecule has 0 bridgehead atoms. The zero-order chi connectivity index (χ0) is 13.4. The Morgan fingerprint density at radius 2 is 2.00 bits per heavy atom. The second-order valence-corrected chi connectivity index (χ2v) is 5.35. The van der Waals surface area contributed by atoms with E-state index in [1.54, 1.807) is 6.92 Å². The van der Waals surface area contributed by atoms with E-state index in [0.29, 0.717) is 0 Å². The first-order valence-corrected chi connectivity index (χ1v) is 6.87. The van der Waals surface area contributed by atoms with Crippen molar-refractivity contribution in [3.8, 4) is 5.69 Å². The van der Waals surface area contributed by atoms with E-state index in [2.05, 4.69) is 21.0 Å². The Hall–Kier alpha value is -1.65. The van der Waals surface area contributed by atoms with Crippen LogP contribution in [-0.4, -0.2) is 14.9 Å². The average molecular weight is 317 g/mol. The Morgan fingerprint density at radius 1 is 1.21 bits per heavy atom. The van der Waals surface area contributed by atoms with Gasteiger partial charge in [0.2, 0.25) is 0 Å². The van der Waals surface area contributed by atoms with Crippen LogP contribution in [0.15, 0.2) is 53.1 Å². The molecule has 1 N–H and O–H groups in total. The highest BCUT2D eigenvalue weighted by atomic mass is 79.9. The van der Waals surface area contributed by atoms with Crippen molar-refractivity contribution in [2.24, 2.45) is 0 Å². The van der Waals surface area contributed by atoms with Gasteiger partial charge in [-0.2, -0.15) is 5.10 Å². The Kier molecular flexibility index (Phi) is 3.12. The van der Waals surface area contributed by atoms with E-state index in [1.165, 1.54) is 0 Å². The lowest BCUT2D eigenvalue weighted by Gasteiger charge is -2.10. The van der Waals surface area contributed by atoms with Crippen molar-refractivity contribution in [3.63, 3.8) is 0 Å². The lowest BCUT2D eigenvalue weighted by Crippen LogP contribution is -1.98. The fraction of sp³-hybridized carbons (Fsp3) is 0.133. The number of halogens is 1. The van der Waals surface area contributed by atoms with Gasteiger partial charge in [0.05, 0.1) is 23.5 Å². The van der Waals surface area contributed by atoms with Crippen LogP contribution in [0.4, 0.5) is 0 Å². The van der Waals surface area contributed by atoms with Crippen molar-refractivity contribution in [3.05, 3.63) is 58.7 Å². The summed E-state index contributed by atoms with van der Waals surface area (Å²) in [5.41, 5.74) is 2.91. The largest absolute Gasteiger partial charge is 0.389 e. The molecule has 96 valence electrons. The van der Waals surface area contributed by atoms with Crippen molar-refractivity contribution in [1.82, 2.24) is 9.78 Å². The van der Waals surface area contributed by atoms with Gasteiger partial charge in [-0.15, -0.1) is 0 Å². The maximum Gasteiger partial charge on any atom is 0.0772 e. The smallest absolute Gasteiger partial charge is 0.0772 e. The molecule has 3 nitrogen and oxygen atoms in total. The number of hydrogen-bond donors (Lipinski definition) is 1. The molecule has 0 amide bonds. The third-order valence-electron chi connectivity index (χ3n) is 3.16. The van der Waals surface area contributed by atoms with Crippen LogP contribution in [0.5, 0.6) is 0 Å². The SMILES string of the molecule is CC(O)c1ccc(-n2ncc3ccccc32)cc1Br. The minimum atomic E-state index is -0.488. The van der Waals surface area contributed by atoms with Crippen LogP contribution in [0, 0.1) is 0 Å². The van der Waals surface area contributed by atoms with Crippen LogP contribution in [0.1, 0.15) is 18.6 Å². The molecular formula is C15H13BrN2O. The van der Waals surface area contributed by atoms with Crippen molar-refractivity contribution >= 4 is 26.8 Å². The zero-order valence-corrected chi connectivity index (χ0v) is 12.0. The molecule has 4 heteroatoms. The van der Waals surface area contributed by atoms with Crippen molar-refractivity contribution in [2.75, 3.05) is 0 Å². The van der Waals surface area contributed by atoms with E-state index in [1.807, 2.05) is 53.3 Å². The topological polar surface area (TPSA) is 38.0 Å². The van der Waals surface area contributed by atoms with Crippen LogP contribution >= 0.6 is 15.9 Å². The normalized spacial score (nSPS) is 12.8. The molecule has 0 aliphatic heterocycles. The van der Waals surface area contributed by atoms with Crippen LogP contribution < -0.4 is 0 Å². The minimum Gasteiger partial charge on any atom is -0.389 e. The standard InChI is InChI=1S/C15H13BrN2O/c1-10(19)13-7-6-12(8-14(13)16)18-15-5-3-2-4-11(15)9-17-18/h2-10,19H,1H3. The number of aliphatic hydroxyl groups excluding tert-OH is 1. The fourth-order valence-electron chi connectivity index (χ4n) is 2.16. The number of rotatable bonds is 2. The second-order valence-electron chi connectivity index (χ2n) is 4.50. The summed E-state index contributed by atoms with van der Waals surface area (Å²) in [4.78, 5) is 0. The molecule has 0 radical (unpaired) electrons. The first-order chi connectivity index (χ1) is 9.16. The molecule has 1 unspecified atom stereocenters. The quantitative estimate of drug-likeness (QED) is 0.780. The lowest BCUT2D eigenvalue weighted by molar-refractivity contribution is 0.198. The van der Waals surface area contributed by atoms with Crippen LogP contribution in [0.3, 0.4) is 0 Å². The molecule has 3 aromatic rings. The van der Waals surface area contributed by atoms with Gasteiger partial charge < -0.3 is 5.11 Å². The van der Waals surface area contributed by atoms with Crippen LogP contribution in [-0.2, 0) is 0 Å². The summed E-state index contributed by atoms with van der Waals surface area (Å²) in [6, 6.07) is 13.9. The third-order valence-corrected chi connectivity index (χ3v) is 3.84. The van der Waals surface area contributed by atoms with E-state index in [4.69, 9.17) is 0 Å². The molecule has 1 heterocycles. The highest BCUT2D eigenvalue weighted by molar-refractivity contribution is 9.10. The highest BCUT2D eigenvalue weighted by Gasteiger charge is 2.09. The summed E-state index contributed by atoms with van der Waals surface area (Å²) < 4.78 is 2.78. The van der Waals surface area contributed by atoms with Crippen LogP contribution in [0.2, 0.25) is 0 Å². The summed E-state index contributed by atoms with van der Waals surface area (Å²) in [5.74, 6) is 0. The molecule has 0 aliphatic carbocycles. The number of fused-ring (bicyclic) bond motifs is 1. The molecule has 0 saturated heterocycles. The summed E-state index contributed by atoms with van der Waals surface area (Å²) >= 11 is 3.50. The van der Waals surface area contributed by atoms with Gasteiger partial charge in [0.1, 0.15) is 0 Å². The first kappa shape index (κ1) is 12.4. The molecular weight excluding hydrogens is 304 g/mol. The van der Waals surface area contributed by atoms with Crippen molar-refractivity contribution in [1.29, 1.82) is 0 Å². The maximum atomic E-state index is 9.65. The van der Waals surface area contributed by atoms with E-state index >= 15 is 0 Å². The molecule has 3 rings (SSSR count). The van der Waals surface area contributed by atoms with E-state index in [-0.39, 0.29) is 0 Å². The highest BCUT2D eigenvalue weighted by Crippen LogP contribution is 2.27. The molecule has 1 aromatic heterocycles. The lowest BCUT2D eigenvalue weighted by atomic mass is 10.1. The Balaban J connectivity index is 2.14. The summed E-state index contributed by atoms with van der Waals surface area (Å²) in [5, 5.41) is 15.2. The summed E-state index contributed by atoms with van der Waals surface area (Å²) in [7, 11) is 0. The number of aliphatic hydroxyl groups is 1. The van der Waals surface area contributed by atoms with Gasteiger partial charge >= 0.3 is 0 Å². The number of para-hydroxylation sites is 1. The fourth-order valence-corrected chi connectivity index (χ4v) is 2.86. The van der Waals surface area contributed by atoms with Crippen LogP contribution in [0.25, 0.3) is 16.6 Å². The van der Waals surface area contributed by atoms with Gasteiger partial charge in [-0.05, 0) is 30.7 Å². The third kappa shape index (κ3) is 2.17. The summed E-state index contributed by atoms with van der Waals surface area (Å²) in [6.45, 7) is 1.75. The minimum absolute atomic E-state index is 0.488. The molecule has 19 heavy (non-hydrogen) atoms. The van der Waals surface area contributed by atoms with Crippen molar-refractivity contribution < 1.29 is 5.11 Å². The Morgan fingerprint density at radius 3 is 2.74 bits per heavy atom.